The molecule has 2 aliphatic heterocycles. The van der Waals surface area contributed by atoms with Gasteiger partial charge in [0.15, 0.2) is 0 Å². The van der Waals surface area contributed by atoms with Crippen LogP contribution in [0, 0.1) is 11.7 Å². The van der Waals surface area contributed by atoms with Crippen LogP contribution in [-0.2, 0) is 11.2 Å². The number of nitrogens with one attached hydrogen (secondary N) is 3. The van der Waals surface area contributed by atoms with Gasteiger partial charge < -0.3 is 19.9 Å². The first-order valence-electron chi connectivity index (χ1n) is 14.3. The van der Waals surface area contributed by atoms with Crippen molar-refractivity contribution >= 4 is 29.5 Å². The van der Waals surface area contributed by atoms with Crippen LogP contribution in [0.4, 0.5) is 25.5 Å². The summed E-state index contributed by atoms with van der Waals surface area (Å²) in [6.45, 7) is 5.01. The number of benzene rings is 2. The van der Waals surface area contributed by atoms with E-state index in [1.165, 1.54) is 50.2 Å². The quantitative estimate of drug-likeness (QED) is 0.339. The minimum atomic E-state index is -0.680. The molecule has 1 aromatic heterocycles. The third-order valence-corrected chi connectivity index (χ3v) is 7.46. The number of ether oxygens (including phenoxy) is 1. The SMILES string of the molecule is O=C(Cc1ccc(F)cc1)NC(=O)Nc1ccc(Oc2ccnc(NC(=O)N3CCC(CN4CCCC4)CC3)c2)cc1. The average Bonchev–Trinajstić information content (AvgIpc) is 3.49. The van der Waals surface area contributed by atoms with E-state index in [1.807, 2.05) is 4.90 Å². The Morgan fingerprint density at radius 3 is 2.31 bits per heavy atom. The van der Waals surface area contributed by atoms with Crippen LogP contribution >= 0.6 is 0 Å². The van der Waals surface area contributed by atoms with Gasteiger partial charge >= 0.3 is 12.1 Å². The molecular weight excluding hydrogens is 539 g/mol. The van der Waals surface area contributed by atoms with Gasteiger partial charge in [0.2, 0.25) is 5.91 Å². The van der Waals surface area contributed by atoms with Crippen LogP contribution in [-0.4, -0.2) is 65.5 Å². The lowest BCUT2D eigenvalue weighted by molar-refractivity contribution is -0.119. The summed E-state index contributed by atoms with van der Waals surface area (Å²) in [5.74, 6) is 1.15. The molecule has 0 bridgehead atoms. The number of nitrogens with zero attached hydrogens (tertiary/aromatic N) is 3. The van der Waals surface area contributed by atoms with Crippen LogP contribution in [0.3, 0.4) is 0 Å². The van der Waals surface area contributed by atoms with Crippen LogP contribution in [0.1, 0.15) is 31.2 Å². The highest BCUT2D eigenvalue weighted by Crippen LogP contribution is 2.25. The Kier molecular flexibility index (Phi) is 9.60. The molecule has 0 atom stereocenters. The molecule has 0 unspecified atom stereocenters. The van der Waals surface area contributed by atoms with E-state index in [-0.39, 0.29) is 12.5 Å². The summed E-state index contributed by atoms with van der Waals surface area (Å²) < 4.78 is 18.9. The van der Waals surface area contributed by atoms with Crippen LogP contribution < -0.4 is 20.7 Å². The van der Waals surface area contributed by atoms with Crippen LogP contribution in [0.25, 0.3) is 0 Å². The molecule has 0 saturated carbocycles. The summed E-state index contributed by atoms with van der Waals surface area (Å²) in [5.41, 5.74) is 1.05. The van der Waals surface area contributed by atoms with Crippen molar-refractivity contribution in [2.24, 2.45) is 5.92 Å². The molecule has 2 aromatic carbocycles. The van der Waals surface area contributed by atoms with E-state index >= 15 is 0 Å². The molecule has 2 fully saturated rings. The third kappa shape index (κ3) is 8.50. The van der Waals surface area contributed by atoms with Crippen LogP contribution in [0.5, 0.6) is 11.5 Å². The van der Waals surface area contributed by atoms with Gasteiger partial charge in [-0.1, -0.05) is 12.1 Å². The molecule has 10 nitrogen and oxygen atoms in total. The zero-order valence-electron chi connectivity index (χ0n) is 23.4. The normalized spacial score (nSPS) is 15.7. The maximum atomic E-state index is 13.0. The van der Waals surface area contributed by atoms with E-state index in [4.69, 9.17) is 4.74 Å². The van der Waals surface area contributed by atoms with Gasteiger partial charge in [-0.05, 0) is 92.7 Å². The van der Waals surface area contributed by atoms with Crippen molar-refractivity contribution in [3.05, 3.63) is 78.2 Å². The number of anilines is 2. The van der Waals surface area contributed by atoms with E-state index in [9.17, 15) is 18.8 Å². The van der Waals surface area contributed by atoms with Crippen LogP contribution in [0.2, 0.25) is 0 Å². The molecule has 11 heteroatoms. The second-order valence-electron chi connectivity index (χ2n) is 10.7. The number of piperidine rings is 1. The second-order valence-corrected chi connectivity index (χ2v) is 10.7. The summed E-state index contributed by atoms with van der Waals surface area (Å²) in [6.07, 6.45) is 6.13. The molecule has 3 N–H and O–H groups in total. The number of urea groups is 2. The zero-order chi connectivity index (χ0) is 29.3. The fraction of sp³-hybridized carbons (Fsp3) is 0.355. The summed E-state index contributed by atoms with van der Waals surface area (Å²) >= 11 is 0. The number of carbonyl (C=O) groups excluding carboxylic acids is 3. The number of pyridine rings is 1. The Hall–Kier alpha value is -4.51. The smallest absolute Gasteiger partial charge is 0.325 e. The summed E-state index contributed by atoms with van der Waals surface area (Å²) in [5, 5.41) is 7.71. The lowest BCUT2D eigenvalue weighted by Crippen LogP contribution is -2.43. The second kappa shape index (κ2) is 13.9. The van der Waals surface area contributed by atoms with Gasteiger partial charge in [-0.2, -0.15) is 0 Å². The predicted molar refractivity (Wildman–Crippen MR) is 157 cm³/mol. The molecule has 3 heterocycles. The number of likely N-dealkylation sites (tertiary alicyclic amines) is 2. The van der Waals surface area contributed by atoms with Crippen molar-refractivity contribution in [3.8, 4) is 11.5 Å². The van der Waals surface area contributed by atoms with E-state index in [0.29, 0.717) is 34.5 Å². The minimum absolute atomic E-state index is 0.0494. The molecule has 2 aliphatic rings. The largest absolute Gasteiger partial charge is 0.457 e. The lowest BCUT2D eigenvalue weighted by Gasteiger charge is -2.33. The van der Waals surface area contributed by atoms with Gasteiger partial charge in [0.25, 0.3) is 0 Å². The Morgan fingerprint density at radius 1 is 0.881 bits per heavy atom. The molecule has 2 saturated heterocycles. The molecule has 3 aromatic rings. The first kappa shape index (κ1) is 29.0. The number of imide groups is 1. The van der Waals surface area contributed by atoms with Crippen molar-refractivity contribution < 1.29 is 23.5 Å². The van der Waals surface area contributed by atoms with Gasteiger partial charge in [0.05, 0.1) is 6.42 Å². The van der Waals surface area contributed by atoms with Crippen molar-refractivity contribution in [1.29, 1.82) is 0 Å². The van der Waals surface area contributed by atoms with Gasteiger partial charge in [0.1, 0.15) is 23.1 Å². The Balaban J connectivity index is 1.06. The van der Waals surface area contributed by atoms with Crippen molar-refractivity contribution in [2.75, 3.05) is 43.4 Å². The standard InChI is InChI=1S/C31H35FN6O4/c32-24-5-3-22(4-6-24)19-29(39)36-30(40)34-25-7-9-26(10-8-25)42-27-11-14-33-28(20-27)35-31(41)38-17-12-23(13-18-38)21-37-15-1-2-16-37/h3-11,14,20,23H,1-2,12-13,15-19,21H2,(H,33,35,41)(H2,34,36,39,40). The molecule has 5 amide bonds. The average molecular weight is 575 g/mol. The minimum Gasteiger partial charge on any atom is -0.457 e. The van der Waals surface area contributed by atoms with E-state index in [2.05, 4.69) is 25.8 Å². The number of halogens is 1. The van der Waals surface area contributed by atoms with Crippen molar-refractivity contribution in [2.45, 2.75) is 32.1 Å². The number of hydrogen-bond donors (Lipinski definition) is 3. The topological polar surface area (TPSA) is 116 Å². The molecular formula is C31H35FN6O4. The number of amides is 5. The van der Waals surface area contributed by atoms with Gasteiger partial charge in [0, 0.05) is 37.6 Å². The third-order valence-electron chi connectivity index (χ3n) is 7.46. The maximum Gasteiger partial charge on any atom is 0.325 e. The fourth-order valence-electron chi connectivity index (χ4n) is 5.24. The Labute approximate surface area is 244 Å². The van der Waals surface area contributed by atoms with E-state index in [0.717, 1.165) is 32.5 Å². The molecule has 0 radical (unpaired) electrons. The monoisotopic (exact) mass is 574 g/mol. The highest BCUT2D eigenvalue weighted by atomic mass is 19.1. The summed E-state index contributed by atoms with van der Waals surface area (Å²) in [7, 11) is 0. The lowest BCUT2D eigenvalue weighted by atomic mass is 9.96. The number of aromatic nitrogens is 1. The highest BCUT2D eigenvalue weighted by Gasteiger charge is 2.25. The molecule has 42 heavy (non-hydrogen) atoms. The van der Waals surface area contributed by atoms with Gasteiger partial charge in [-0.25, -0.2) is 19.0 Å². The number of carbonyl (C=O) groups is 3. The molecule has 5 rings (SSSR count). The summed E-state index contributed by atoms with van der Waals surface area (Å²) in [6, 6.07) is 14.6. The first-order valence-corrected chi connectivity index (χ1v) is 14.3. The van der Waals surface area contributed by atoms with Gasteiger partial charge in [-0.3, -0.25) is 15.4 Å². The fourth-order valence-corrected chi connectivity index (χ4v) is 5.24. The van der Waals surface area contributed by atoms with Crippen LogP contribution in [0.15, 0.2) is 66.9 Å². The van der Waals surface area contributed by atoms with E-state index < -0.39 is 17.8 Å². The first-order chi connectivity index (χ1) is 20.4. The zero-order valence-corrected chi connectivity index (χ0v) is 23.4. The van der Waals surface area contributed by atoms with Crippen molar-refractivity contribution in [1.82, 2.24) is 20.1 Å². The summed E-state index contributed by atoms with van der Waals surface area (Å²) in [4.78, 5) is 45.7. The Bertz CT molecular complexity index is 1370. The predicted octanol–water partition coefficient (Wildman–Crippen LogP) is 5.24. The van der Waals surface area contributed by atoms with Crippen molar-refractivity contribution in [3.63, 3.8) is 0 Å². The molecule has 220 valence electrons. The highest BCUT2D eigenvalue weighted by molar-refractivity contribution is 6.01. The van der Waals surface area contributed by atoms with Gasteiger partial charge in [-0.15, -0.1) is 0 Å². The maximum absolute atomic E-state index is 13.0. The number of rotatable bonds is 8. The van der Waals surface area contributed by atoms with E-state index in [1.54, 1.807) is 42.6 Å². The molecule has 0 spiro atoms. The number of hydrogen-bond acceptors (Lipinski definition) is 6. The molecule has 0 aliphatic carbocycles. The Morgan fingerprint density at radius 2 is 1.60 bits per heavy atom.